The van der Waals surface area contributed by atoms with Crippen LogP contribution in [0.15, 0.2) is 48.5 Å². The molecule has 26 bridgehead atoms. The molecule has 10 heterocycles. The first-order valence-electron chi connectivity index (χ1n) is 32.9. The van der Waals surface area contributed by atoms with Crippen molar-refractivity contribution in [3.05, 3.63) is 104 Å². The first-order chi connectivity index (χ1) is 45.3. The lowest BCUT2D eigenvalue weighted by atomic mass is 9.67. The molecule has 26 aromatic rings. The zero-order valence-electron chi connectivity index (χ0n) is 47.2. The van der Waals surface area contributed by atoms with Crippen molar-refractivity contribution < 1.29 is 42.9 Å². The molecule has 92 heavy (non-hydrogen) atoms. The highest BCUT2D eigenvalue weighted by Crippen LogP contribution is 3.00. The van der Waals surface area contributed by atoms with Gasteiger partial charge < -0.3 is 18.9 Å². The van der Waals surface area contributed by atoms with Gasteiger partial charge in [-0.15, -0.1) is 0 Å². The maximum Gasteiger partial charge on any atom is 0.331 e. The number of esters is 4. The average Bonchev–Trinajstić information content (AvgIpc) is 1.35. The van der Waals surface area contributed by atoms with Crippen molar-refractivity contribution in [3.63, 3.8) is 0 Å². The number of ether oxygens (including phenoxy) is 4. The van der Waals surface area contributed by atoms with E-state index in [2.05, 4.69) is 0 Å². The summed E-state index contributed by atoms with van der Waals surface area (Å²) in [5, 5.41) is 59.4. The Balaban J connectivity index is 0.971. The molecule has 0 aromatic heterocycles. The zero-order chi connectivity index (χ0) is 57.4. The number of benzene rings is 18. The third-order valence-electron chi connectivity index (χ3n) is 30.7. The molecule has 10 aliphatic carbocycles. The van der Waals surface area contributed by atoms with Crippen LogP contribution in [0.3, 0.4) is 0 Å². The summed E-state index contributed by atoms with van der Waals surface area (Å²) in [6, 6.07) is 13.5. The molecule has 4 spiro atoms. The first-order valence-corrected chi connectivity index (χ1v) is 32.9. The number of ketones is 1. The fraction of sp³-hybridized carbons (Fsp3) is 0.120. The highest BCUT2D eigenvalue weighted by atomic mass is 16.6. The van der Waals surface area contributed by atoms with Gasteiger partial charge >= 0.3 is 23.9 Å². The average molecular weight is 1160 g/mol. The molecule has 2 fully saturated rings. The van der Waals surface area contributed by atoms with Crippen LogP contribution in [-0.4, -0.2) is 42.9 Å². The van der Waals surface area contributed by atoms with Crippen LogP contribution in [0.25, 0.3) is 259 Å². The first kappa shape index (κ1) is 38.3. The van der Waals surface area contributed by atoms with Crippen molar-refractivity contribution in [1.82, 2.24) is 0 Å². The van der Waals surface area contributed by atoms with E-state index in [-0.39, 0.29) is 30.5 Å². The van der Waals surface area contributed by atoms with Gasteiger partial charge in [-0.1, -0.05) is 0 Å². The van der Waals surface area contributed by atoms with Gasteiger partial charge in [0.15, 0.2) is 16.6 Å². The fourth-order valence-corrected chi connectivity index (χ4v) is 30.4. The van der Waals surface area contributed by atoms with E-state index < -0.39 is 56.4 Å². The van der Waals surface area contributed by atoms with Gasteiger partial charge in [0.25, 0.3) is 0 Å². The highest BCUT2D eigenvalue weighted by molar-refractivity contribution is 6.78. The van der Waals surface area contributed by atoms with E-state index in [0.29, 0.717) is 11.1 Å². The lowest BCUT2D eigenvalue weighted by Gasteiger charge is -2.32. The van der Waals surface area contributed by atoms with Gasteiger partial charge in [0.1, 0.15) is 11.5 Å². The van der Waals surface area contributed by atoms with Crippen LogP contribution in [0.4, 0.5) is 0 Å². The SMILES string of the molecule is CCOC(=O)C12C(=O)Oc3ccc(cc3)C(=O)c3ccc(cc3)OC(=O)C3(C(=O)OCC)C45c6c7c8c9c%10c%11c(c%12c%13c4c4c6c6c%14c%15c%16c%17c%18c%19c%20c%21c%22c%23c%24c(c%15c6c6c4c4c%13c%13c%12c%12c%11c%11c%15c%10c(c8c%17c7%14)c%18c%15c%20c7c%21c8c%23c(c4c%246)c%13c8c%12c7%11)C%221C%16%192)C935. The van der Waals surface area contributed by atoms with Gasteiger partial charge in [-0.05, 0) is 365 Å². The Morgan fingerprint density at radius 2 is 0.435 bits per heavy atom. The van der Waals surface area contributed by atoms with Crippen molar-refractivity contribution in [2.24, 2.45) is 10.8 Å². The molecular formula is C83H18O9. The Hall–Kier alpha value is -11.3. The minimum atomic E-state index is -1.97. The van der Waals surface area contributed by atoms with Crippen molar-refractivity contribution in [3.8, 4) is 11.5 Å². The van der Waals surface area contributed by atoms with E-state index in [9.17, 15) is 4.79 Å². The molecule has 10 aliphatic heterocycles. The van der Waals surface area contributed by atoms with Gasteiger partial charge in [-0.2, -0.15) is 0 Å². The molecule has 20 aliphatic rings. The zero-order valence-corrected chi connectivity index (χ0v) is 47.2. The molecule has 0 N–H and O–H groups in total. The minimum Gasteiger partial charge on any atom is -0.465 e. The molecular weight excluding hydrogens is 1140 g/mol. The monoisotopic (exact) mass is 1160 g/mol. The maximum absolute atomic E-state index is 17.7. The van der Waals surface area contributed by atoms with Crippen LogP contribution >= 0.6 is 0 Å². The number of carbonyl (C=O) groups excluding carboxylic acids is 5. The van der Waals surface area contributed by atoms with Gasteiger partial charge in [0.05, 0.1) is 34.9 Å². The van der Waals surface area contributed by atoms with Crippen LogP contribution in [0.2, 0.25) is 0 Å². The lowest BCUT2D eigenvalue weighted by Crippen LogP contribution is -2.40. The minimum absolute atomic E-state index is 0.0589. The molecule has 6 atom stereocenters. The van der Waals surface area contributed by atoms with Crippen LogP contribution in [0.1, 0.15) is 74.3 Å². The lowest BCUT2D eigenvalue weighted by molar-refractivity contribution is -0.163. The van der Waals surface area contributed by atoms with Crippen LogP contribution < -0.4 is 9.47 Å². The van der Waals surface area contributed by atoms with Gasteiger partial charge in [-0.3, -0.25) is 24.0 Å². The third-order valence-corrected chi connectivity index (χ3v) is 30.7. The highest BCUT2D eigenvalue weighted by Gasteiger charge is 3.04. The second kappa shape index (κ2) is 9.04. The van der Waals surface area contributed by atoms with Gasteiger partial charge in [0, 0.05) is 11.1 Å². The normalized spacial score (nSPS) is 27.5. The van der Waals surface area contributed by atoms with E-state index in [1.165, 1.54) is 226 Å². The molecule has 26 aromatic carbocycles. The molecule has 9 nitrogen and oxygen atoms in total. The molecule has 46 rings (SSSR count). The fourth-order valence-electron chi connectivity index (χ4n) is 30.4. The summed E-state index contributed by atoms with van der Waals surface area (Å²) in [6.45, 7) is 3.87. The molecule has 0 radical (unpaired) electrons. The summed E-state index contributed by atoms with van der Waals surface area (Å²) in [5.74, 6) is -2.14. The predicted octanol–water partition coefficient (Wildman–Crippen LogP) is 16.7. The summed E-state index contributed by atoms with van der Waals surface area (Å²) in [6.07, 6.45) is 0. The third kappa shape index (κ3) is 2.13. The van der Waals surface area contributed by atoms with Crippen molar-refractivity contribution in [1.29, 1.82) is 0 Å². The standard InChI is InChI=1S/C83H18O9/c1-3-89-74(85)82-76(87)91-15-9-5-13(6-10-15)73(84)14-7-11-16(12-8-14)92-77(88)83(75(86)90-4-2)79-66-50-34-22-20-18-17-19-21-23-30-40-28(19)38(26(18)34)54(66)56(40)68-58-42(30)31-35(23)51-49-33(21)25(17)37-27(20)39-29-24(22)36-32-41(29)57-61-45-44(32)60(70(79)52(36)50)64-48(45)47-46(62(58)72(64)81(68,79)83)43(31)59-63(47)71(61)80(82)67(57)55(39)53(37)65(49)78(80,82)69(51)59/h5-12H,3-4H2,1-2H3. The molecule has 9 heteroatoms. The second-order valence-corrected chi connectivity index (χ2v) is 31.1. The molecule has 0 saturated heterocycles. The Bertz CT molecular complexity index is 8280. The summed E-state index contributed by atoms with van der Waals surface area (Å²) in [4.78, 5) is 84.9. The second-order valence-electron chi connectivity index (χ2n) is 31.1. The number of hydrogen-bond acceptors (Lipinski definition) is 9. The van der Waals surface area contributed by atoms with Crippen molar-refractivity contribution >= 4 is 288 Å². The Kier molecular flexibility index (Phi) is 3.76. The molecule has 2 saturated carbocycles. The van der Waals surface area contributed by atoms with E-state index in [1.54, 1.807) is 48.5 Å². The maximum atomic E-state index is 17.7. The Morgan fingerprint density at radius 3 is 0.598 bits per heavy atom. The van der Waals surface area contributed by atoms with Crippen molar-refractivity contribution in [2.45, 2.75) is 35.5 Å². The number of rotatable bonds is 4. The quantitative estimate of drug-likeness (QED) is 0.0733. The topological polar surface area (TPSA) is 122 Å². The largest absolute Gasteiger partial charge is 0.465 e. The van der Waals surface area contributed by atoms with Gasteiger partial charge in [0.2, 0.25) is 0 Å². The van der Waals surface area contributed by atoms with Crippen LogP contribution in [0.5, 0.6) is 11.5 Å². The molecule has 6 unspecified atom stereocenters. The summed E-state index contributed by atoms with van der Waals surface area (Å²) in [7, 11) is 0. The van der Waals surface area contributed by atoms with E-state index in [4.69, 9.17) is 18.9 Å². The molecule has 0 amide bonds. The number of carbonyl (C=O) groups is 5. The smallest absolute Gasteiger partial charge is 0.331 e. The molecule has 404 valence electrons. The Labute approximate surface area is 503 Å². The van der Waals surface area contributed by atoms with Crippen molar-refractivity contribution in [2.75, 3.05) is 13.2 Å². The van der Waals surface area contributed by atoms with Crippen LogP contribution in [0, 0.1) is 10.8 Å². The number of hydrogen-bond donors (Lipinski definition) is 0. The summed E-state index contributed by atoms with van der Waals surface area (Å²) < 4.78 is 27.9. The van der Waals surface area contributed by atoms with Gasteiger partial charge in [-0.25, -0.2) is 0 Å². The predicted molar refractivity (Wildman–Crippen MR) is 353 cm³/mol. The van der Waals surface area contributed by atoms with E-state index in [0.717, 1.165) is 76.8 Å². The summed E-state index contributed by atoms with van der Waals surface area (Å²) in [5.41, 5.74) is 0.291. The Morgan fingerprint density at radius 1 is 0.272 bits per heavy atom. The summed E-state index contributed by atoms with van der Waals surface area (Å²) >= 11 is 0. The van der Waals surface area contributed by atoms with Crippen LogP contribution in [-0.2, 0) is 50.3 Å². The van der Waals surface area contributed by atoms with E-state index >= 15 is 19.2 Å². The van der Waals surface area contributed by atoms with E-state index in [1.807, 2.05) is 13.8 Å².